The van der Waals surface area contributed by atoms with Gasteiger partial charge in [-0.15, -0.1) is 0 Å². The van der Waals surface area contributed by atoms with Crippen LogP contribution in [0.4, 0.5) is 17.8 Å². The fraction of sp³-hybridized carbons (Fsp3) is 0.583. The second-order valence-corrected chi connectivity index (χ2v) is 15.6. The molecule has 0 aromatic carbocycles. The lowest BCUT2D eigenvalue weighted by Gasteiger charge is -2.20. The zero-order valence-electron chi connectivity index (χ0n) is 36.0. The Morgan fingerprint density at radius 2 is 0.773 bits per heavy atom. The number of ether oxygens (including phenoxy) is 6. The van der Waals surface area contributed by atoms with Crippen LogP contribution in [0, 0.1) is 0 Å². The van der Waals surface area contributed by atoms with Gasteiger partial charge in [-0.1, -0.05) is 0 Å². The van der Waals surface area contributed by atoms with Crippen molar-refractivity contribution in [2.24, 2.45) is 0 Å². The molecule has 6 aromatic heterocycles. The number of nitrogens with zero attached hydrogens (tertiary/aromatic N) is 9. The van der Waals surface area contributed by atoms with Gasteiger partial charge in [-0.3, -0.25) is 43.0 Å². The number of methoxy groups -OCH3 is 3. The molecule has 3 saturated heterocycles. The average molecular weight is 934 g/mol. The van der Waals surface area contributed by atoms with Gasteiger partial charge in [0.15, 0.2) is 52.2 Å². The second kappa shape index (κ2) is 19.1. The molecule has 3 fully saturated rings. The molecule has 0 amide bonds. The number of nitrogens with one attached hydrogen (secondary N) is 3. The Bertz CT molecular complexity index is 2520. The number of imidazole rings is 3. The van der Waals surface area contributed by atoms with Gasteiger partial charge in [-0.25, -0.2) is 15.0 Å². The lowest BCUT2D eigenvalue weighted by Crippen LogP contribution is -2.38. The number of anilines is 3. The van der Waals surface area contributed by atoms with Gasteiger partial charge in [0.2, 0.25) is 17.8 Å². The van der Waals surface area contributed by atoms with Gasteiger partial charge in [0, 0.05) is 21.3 Å². The van der Waals surface area contributed by atoms with Crippen LogP contribution in [-0.2, 0) is 28.4 Å². The highest BCUT2D eigenvalue weighted by Crippen LogP contribution is 2.36. The van der Waals surface area contributed by atoms with Crippen LogP contribution in [0.1, 0.15) is 39.5 Å². The SMILES string of the molecule is CO[C@@H]1C(O)[C@H](n2cnc3c(=O)[nH]c(N)nc32)O[C@@H]1[C@@H](C)O.CO[C@@H]1C(O)[C@H](n2cnc3c(=O)[nH]c(N)nc32)O[C@@H]1[C@@H](C)O.CO[C@@H]1C(O)[C@H](n2cnc3c(=O)[nH]c(N)nc32)O[C@@H]1[C@H](C)O. The number of aromatic nitrogens is 12. The first-order valence-electron chi connectivity index (χ1n) is 20.1. The summed E-state index contributed by atoms with van der Waals surface area (Å²) in [6.45, 7) is 4.62. The quantitative estimate of drug-likeness (QED) is 0.0646. The molecular weight excluding hydrogens is 882 g/mol. The van der Waals surface area contributed by atoms with E-state index in [0.717, 1.165) is 0 Å². The molecule has 360 valence electrons. The fourth-order valence-electron chi connectivity index (χ4n) is 8.09. The zero-order valence-corrected chi connectivity index (χ0v) is 36.0. The molecule has 0 radical (unpaired) electrons. The molecule has 15 atom stereocenters. The molecule has 0 bridgehead atoms. The first kappa shape index (κ1) is 47.9. The first-order chi connectivity index (χ1) is 31.3. The van der Waals surface area contributed by atoms with E-state index in [0.29, 0.717) is 0 Å². The molecule has 6 aromatic rings. The number of aromatic amines is 3. The molecule has 0 aliphatic carbocycles. The summed E-state index contributed by atoms with van der Waals surface area (Å²) < 4.78 is 36.8. The molecule has 0 spiro atoms. The molecule has 9 rings (SSSR count). The maximum Gasteiger partial charge on any atom is 0.280 e. The van der Waals surface area contributed by atoms with Crippen LogP contribution in [0.2, 0.25) is 0 Å². The molecule has 3 unspecified atom stereocenters. The monoisotopic (exact) mass is 933 g/mol. The Morgan fingerprint density at radius 3 is 0.970 bits per heavy atom. The minimum atomic E-state index is -1.07. The summed E-state index contributed by atoms with van der Waals surface area (Å²) in [7, 11) is 4.26. The van der Waals surface area contributed by atoms with Crippen LogP contribution in [0.25, 0.3) is 33.5 Å². The van der Waals surface area contributed by atoms with Gasteiger partial charge in [0.05, 0.1) is 37.3 Å². The minimum absolute atomic E-state index is 0.0675. The summed E-state index contributed by atoms with van der Waals surface area (Å²) in [5.41, 5.74) is 16.0. The number of fused-ring (bicyclic) bond motifs is 3. The summed E-state index contributed by atoms with van der Waals surface area (Å²) in [6, 6.07) is 0. The Balaban J connectivity index is 0.000000147. The molecule has 0 saturated carbocycles. The summed E-state index contributed by atoms with van der Waals surface area (Å²) in [5, 5.41) is 60.4. The second-order valence-electron chi connectivity index (χ2n) is 15.6. The number of aliphatic hydroxyl groups is 6. The molecular formula is C36H51N15O15. The Kier molecular flexibility index (Phi) is 13.8. The maximum absolute atomic E-state index is 11.8. The molecule has 30 heteroatoms. The smallest absolute Gasteiger partial charge is 0.280 e. The number of nitrogens with two attached hydrogens (primary N) is 3. The van der Waals surface area contributed by atoms with Crippen molar-refractivity contribution in [3.8, 4) is 0 Å². The van der Waals surface area contributed by atoms with Crippen LogP contribution >= 0.6 is 0 Å². The normalized spacial score (nSPS) is 30.0. The third-order valence-corrected chi connectivity index (χ3v) is 11.2. The number of rotatable bonds is 9. The van der Waals surface area contributed by atoms with Crippen LogP contribution in [-0.4, -0.2) is 184 Å². The van der Waals surface area contributed by atoms with Gasteiger partial charge in [0.25, 0.3) is 16.7 Å². The third kappa shape index (κ3) is 8.71. The van der Waals surface area contributed by atoms with Gasteiger partial charge < -0.3 is 76.3 Å². The Labute approximate surface area is 369 Å². The highest BCUT2D eigenvalue weighted by atomic mass is 16.6. The lowest BCUT2D eigenvalue weighted by molar-refractivity contribution is -0.0825. The Morgan fingerprint density at radius 1 is 0.530 bits per heavy atom. The van der Waals surface area contributed by atoms with E-state index in [4.69, 9.17) is 45.6 Å². The van der Waals surface area contributed by atoms with Crippen molar-refractivity contribution < 1.29 is 59.1 Å². The summed E-state index contributed by atoms with van der Waals surface area (Å²) in [4.78, 5) is 66.3. The molecule has 3 aliphatic heterocycles. The number of H-pyrrole nitrogens is 3. The number of hydrogen-bond donors (Lipinski definition) is 12. The number of aliphatic hydroxyl groups excluding tert-OH is 6. The molecule has 30 nitrogen and oxygen atoms in total. The predicted octanol–water partition coefficient (Wildman–Crippen LogP) is -4.93. The molecule has 9 heterocycles. The van der Waals surface area contributed by atoms with E-state index in [1.54, 1.807) is 20.8 Å². The zero-order chi connectivity index (χ0) is 48.0. The van der Waals surface area contributed by atoms with Gasteiger partial charge >= 0.3 is 0 Å². The largest absolute Gasteiger partial charge is 0.391 e. The van der Waals surface area contributed by atoms with E-state index >= 15 is 0 Å². The highest BCUT2D eigenvalue weighted by Gasteiger charge is 2.50. The third-order valence-electron chi connectivity index (χ3n) is 11.2. The van der Waals surface area contributed by atoms with Crippen LogP contribution in [0.15, 0.2) is 33.4 Å². The van der Waals surface area contributed by atoms with Gasteiger partial charge in [-0.2, -0.15) is 15.0 Å². The summed E-state index contributed by atoms with van der Waals surface area (Å²) in [6.07, 6.45) is -8.77. The van der Waals surface area contributed by atoms with Gasteiger partial charge in [-0.05, 0) is 20.8 Å². The standard InChI is InChI=1S/3C12H17N5O5/c3*1-4(18)7-8(21-2)6(19)11(22-7)17-3-14-5-9(17)15-12(13)16-10(5)20/h3*3-4,6-8,11,18-19H,1-2H3,(H3,13,15,16,20)/t4-,6?,7+,8+,11+;2*4-,6?,7-,8-,11-/m011/s1. The van der Waals surface area contributed by atoms with Crippen molar-refractivity contribution in [3.63, 3.8) is 0 Å². The molecule has 3 aliphatic rings. The van der Waals surface area contributed by atoms with E-state index in [2.05, 4.69) is 44.9 Å². The van der Waals surface area contributed by atoms with Crippen molar-refractivity contribution in [1.82, 2.24) is 58.6 Å². The summed E-state index contributed by atoms with van der Waals surface area (Å²) >= 11 is 0. The van der Waals surface area contributed by atoms with Gasteiger partial charge in [0.1, 0.15) is 54.9 Å². The average Bonchev–Trinajstić information content (AvgIpc) is 4.11. The van der Waals surface area contributed by atoms with Crippen molar-refractivity contribution in [2.45, 2.75) is 113 Å². The minimum Gasteiger partial charge on any atom is -0.391 e. The lowest BCUT2D eigenvalue weighted by atomic mass is 10.1. The van der Waals surface area contributed by atoms with Crippen LogP contribution in [0.5, 0.6) is 0 Å². The van der Waals surface area contributed by atoms with Crippen molar-refractivity contribution in [1.29, 1.82) is 0 Å². The molecule has 15 N–H and O–H groups in total. The highest BCUT2D eigenvalue weighted by molar-refractivity contribution is 5.72. The van der Waals surface area contributed by atoms with Crippen LogP contribution in [0.3, 0.4) is 0 Å². The number of hydrogen-bond acceptors (Lipinski definition) is 24. The topological polar surface area (TPSA) is 446 Å². The van der Waals surface area contributed by atoms with Crippen molar-refractivity contribution in [3.05, 3.63) is 50.0 Å². The van der Waals surface area contributed by atoms with E-state index in [1.165, 1.54) is 54.0 Å². The van der Waals surface area contributed by atoms with E-state index in [9.17, 15) is 45.0 Å². The fourth-order valence-corrected chi connectivity index (χ4v) is 8.09. The van der Waals surface area contributed by atoms with Crippen LogP contribution < -0.4 is 33.9 Å². The summed E-state index contributed by atoms with van der Waals surface area (Å²) in [5.74, 6) is -0.202. The van der Waals surface area contributed by atoms with E-state index in [-0.39, 0.29) is 51.3 Å². The molecule has 66 heavy (non-hydrogen) atoms. The van der Waals surface area contributed by atoms with Crippen molar-refractivity contribution in [2.75, 3.05) is 38.5 Å². The van der Waals surface area contributed by atoms with Crippen molar-refractivity contribution >= 4 is 51.3 Å². The first-order valence-corrected chi connectivity index (χ1v) is 20.1. The Hall–Kier alpha value is -6.03. The number of nitrogen functional groups attached to an aromatic ring is 3. The van der Waals surface area contributed by atoms with E-state index < -0.39 is 109 Å². The predicted molar refractivity (Wildman–Crippen MR) is 225 cm³/mol. The van der Waals surface area contributed by atoms with E-state index in [1.807, 2.05) is 0 Å². The maximum atomic E-state index is 11.8.